The molecule has 0 rings (SSSR count). The summed E-state index contributed by atoms with van der Waals surface area (Å²) in [5.74, 6) is 0.250. The molecule has 0 aliphatic carbocycles. The fraction of sp³-hybridized carbons (Fsp3) is 0.909. The monoisotopic (exact) mass is 200 g/mol. The molecule has 0 bridgehead atoms. The molecular weight excluding hydrogens is 176 g/mol. The molecule has 0 fully saturated rings. The molecule has 0 radical (unpaired) electrons. The van der Waals surface area contributed by atoms with Gasteiger partial charge in [-0.15, -0.1) is 0 Å². The highest BCUT2D eigenvalue weighted by Gasteiger charge is 2.15. The van der Waals surface area contributed by atoms with Crippen LogP contribution in [0.25, 0.3) is 0 Å². The Hall–Kier alpha value is -0.570. The Morgan fingerprint density at radius 2 is 1.86 bits per heavy atom. The van der Waals surface area contributed by atoms with Gasteiger partial charge in [-0.05, 0) is 19.4 Å². The fourth-order valence-corrected chi connectivity index (χ4v) is 1.59. The number of hydrogen-bond acceptors (Lipinski definition) is 2. The Bertz CT molecular complexity index is 155. The predicted molar refractivity (Wildman–Crippen MR) is 60.3 cm³/mol. The van der Waals surface area contributed by atoms with Gasteiger partial charge in [0.2, 0.25) is 5.91 Å². The first-order chi connectivity index (χ1) is 6.67. The van der Waals surface area contributed by atoms with Crippen LogP contribution in [-0.4, -0.2) is 37.0 Å². The molecule has 1 N–H and O–H groups in total. The average molecular weight is 200 g/mol. The van der Waals surface area contributed by atoms with E-state index in [1.807, 2.05) is 11.9 Å². The summed E-state index contributed by atoms with van der Waals surface area (Å²) in [7, 11) is 1.91. The van der Waals surface area contributed by atoms with E-state index in [0.29, 0.717) is 12.5 Å². The third-order valence-corrected chi connectivity index (χ3v) is 2.65. The van der Waals surface area contributed by atoms with Gasteiger partial charge in [0.05, 0.1) is 0 Å². The summed E-state index contributed by atoms with van der Waals surface area (Å²) in [6, 6.07) is 0.407. The van der Waals surface area contributed by atoms with Crippen LogP contribution in [0.2, 0.25) is 0 Å². The fourth-order valence-electron chi connectivity index (χ4n) is 1.59. The van der Waals surface area contributed by atoms with Crippen molar-refractivity contribution in [3.8, 4) is 0 Å². The minimum Gasteiger partial charge on any atom is -0.343 e. The van der Waals surface area contributed by atoms with Gasteiger partial charge in [0.1, 0.15) is 0 Å². The lowest BCUT2D eigenvalue weighted by Crippen LogP contribution is -2.37. The lowest BCUT2D eigenvalue weighted by Gasteiger charge is -2.26. The van der Waals surface area contributed by atoms with E-state index >= 15 is 0 Å². The Labute approximate surface area is 87.9 Å². The summed E-state index contributed by atoms with van der Waals surface area (Å²) in [6.45, 7) is 8.03. The van der Waals surface area contributed by atoms with Crippen molar-refractivity contribution in [2.45, 2.75) is 46.1 Å². The van der Waals surface area contributed by atoms with Gasteiger partial charge in [-0.25, -0.2) is 0 Å². The van der Waals surface area contributed by atoms with Crippen LogP contribution in [0.1, 0.15) is 40.0 Å². The van der Waals surface area contributed by atoms with E-state index in [0.717, 1.165) is 25.9 Å². The average Bonchev–Trinajstić information content (AvgIpc) is 2.19. The van der Waals surface area contributed by atoms with E-state index < -0.39 is 0 Å². The Morgan fingerprint density at radius 3 is 2.29 bits per heavy atom. The van der Waals surface area contributed by atoms with Crippen LogP contribution in [0.3, 0.4) is 0 Å². The second-order valence-corrected chi connectivity index (χ2v) is 3.58. The SMILES string of the molecule is CCNCCC(=O)N(C)C(CC)CC. The zero-order valence-electron chi connectivity index (χ0n) is 9.97. The molecule has 0 aromatic carbocycles. The van der Waals surface area contributed by atoms with Gasteiger partial charge in [0.15, 0.2) is 0 Å². The highest BCUT2D eigenvalue weighted by atomic mass is 16.2. The van der Waals surface area contributed by atoms with Crippen molar-refractivity contribution >= 4 is 5.91 Å². The molecule has 3 heteroatoms. The van der Waals surface area contributed by atoms with Gasteiger partial charge < -0.3 is 10.2 Å². The van der Waals surface area contributed by atoms with Crippen LogP contribution in [-0.2, 0) is 4.79 Å². The van der Waals surface area contributed by atoms with Crippen LogP contribution in [0.4, 0.5) is 0 Å². The van der Waals surface area contributed by atoms with E-state index in [9.17, 15) is 4.79 Å². The molecule has 1 amide bonds. The number of carbonyl (C=O) groups is 1. The van der Waals surface area contributed by atoms with Crippen molar-refractivity contribution in [3.63, 3.8) is 0 Å². The van der Waals surface area contributed by atoms with E-state index in [1.165, 1.54) is 0 Å². The second-order valence-electron chi connectivity index (χ2n) is 3.58. The van der Waals surface area contributed by atoms with Crippen molar-refractivity contribution in [1.29, 1.82) is 0 Å². The molecule has 0 aliphatic rings. The van der Waals surface area contributed by atoms with Gasteiger partial charge in [0, 0.05) is 26.1 Å². The van der Waals surface area contributed by atoms with Crippen LogP contribution in [0.15, 0.2) is 0 Å². The van der Waals surface area contributed by atoms with Gasteiger partial charge in [-0.1, -0.05) is 20.8 Å². The maximum atomic E-state index is 11.7. The van der Waals surface area contributed by atoms with Crippen LogP contribution in [0.5, 0.6) is 0 Å². The van der Waals surface area contributed by atoms with Crippen molar-refractivity contribution in [3.05, 3.63) is 0 Å². The van der Waals surface area contributed by atoms with Gasteiger partial charge in [-0.3, -0.25) is 4.79 Å². The third kappa shape index (κ3) is 4.61. The first kappa shape index (κ1) is 13.4. The first-order valence-electron chi connectivity index (χ1n) is 5.63. The Kier molecular flexibility index (Phi) is 7.48. The summed E-state index contributed by atoms with van der Waals surface area (Å²) in [4.78, 5) is 13.5. The zero-order valence-corrected chi connectivity index (χ0v) is 9.97. The minimum atomic E-state index is 0.250. The number of rotatable bonds is 7. The van der Waals surface area contributed by atoms with E-state index in [2.05, 4.69) is 26.1 Å². The molecule has 0 aromatic rings. The summed E-state index contributed by atoms with van der Waals surface area (Å²) < 4.78 is 0. The molecule has 0 heterocycles. The summed E-state index contributed by atoms with van der Waals surface area (Å²) >= 11 is 0. The summed E-state index contributed by atoms with van der Waals surface area (Å²) in [5.41, 5.74) is 0. The maximum absolute atomic E-state index is 11.7. The molecule has 0 saturated heterocycles. The molecule has 0 aromatic heterocycles. The number of hydrogen-bond donors (Lipinski definition) is 1. The van der Waals surface area contributed by atoms with Gasteiger partial charge in [0.25, 0.3) is 0 Å². The lowest BCUT2D eigenvalue weighted by molar-refractivity contribution is -0.132. The highest BCUT2D eigenvalue weighted by molar-refractivity contribution is 5.76. The number of nitrogens with zero attached hydrogens (tertiary/aromatic N) is 1. The normalized spacial score (nSPS) is 10.6. The Balaban J connectivity index is 3.84. The third-order valence-electron chi connectivity index (χ3n) is 2.65. The second kappa shape index (κ2) is 7.80. The number of nitrogens with one attached hydrogen (secondary N) is 1. The van der Waals surface area contributed by atoms with Crippen LogP contribution < -0.4 is 5.32 Å². The predicted octanol–water partition coefficient (Wildman–Crippen LogP) is 1.63. The lowest BCUT2D eigenvalue weighted by atomic mass is 10.1. The van der Waals surface area contributed by atoms with Gasteiger partial charge in [-0.2, -0.15) is 0 Å². The van der Waals surface area contributed by atoms with E-state index in [4.69, 9.17) is 0 Å². The van der Waals surface area contributed by atoms with Crippen molar-refractivity contribution in [1.82, 2.24) is 10.2 Å². The standard InChI is InChI=1S/C11H24N2O/c1-5-10(6-2)13(4)11(14)8-9-12-7-3/h10,12H,5-9H2,1-4H3. The molecule has 14 heavy (non-hydrogen) atoms. The van der Waals surface area contributed by atoms with Crippen LogP contribution >= 0.6 is 0 Å². The molecule has 0 unspecified atom stereocenters. The van der Waals surface area contributed by atoms with E-state index in [1.54, 1.807) is 0 Å². The van der Waals surface area contributed by atoms with Crippen molar-refractivity contribution < 1.29 is 4.79 Å². The topological polar surface area (TPSA) is 32.3 Å². The Morgan fingerprint density at radius 1 is 1.29 bits per heavy atom. The smallest absolute Gasteiger partial charge is 0.223 e. The maximum Gasteiger partial charge on any atom is 0.223 e. The quantitative estimate of drug-likeness (QED) is 0.634. The summed E-state index contributed by atoms with van der Waals surface area (Å²) in [6.07, 6.45) is 2.70. The van der Waals surface area contributed by atoms with Crippen molar-refractivity contribution in [2.75, 3.05) is 20.1 Å². The largest absolute Gasteiger partial charge is 0.343 e. The molecule has 0 spiro atoms. The minimum absolute atomic E-state index is 0.250. The number of carbonyl (C=O) groups excluding carboxylic acids is 1. The molecule has 0 aliphatic heterocycles. The molecule has 0 saturated carbocycles. The highest BCUT2D eigenvalue weighted by Crippen LogP contribution is 2.07. The zero-order chi connectivity index (χ0) is 11.0. The first-order valence-corrected chi connectivity index (χ1v) is 5.63. The molecule has 0 atom stereocenters. The van der Waals surface area contributed by atoms with Crippen molar-refractivity contribution in [2.24, 2.45) is 0 Å². The summed E-state index contributed by atoms with van der Waals surface area (Å²) in [5, 5.41) is 3.16. The molecular formula is C11H24N2O. The molecule has 84 valence electrons. The molecule has 3 nitrogen and oxygen atoms in total. The van der Waals surface area contributed by atoms with Gasteiger partial charge >= 0.3 is 0 Å². The number of amides is 1. The van der Waals surface area contributed by atoms with E-state index in [-0.39, 0.29) is 5.91 Å². The van der Waals surface area contributed by atoms with Crippen LogP contribution in [0, 0.1) is 0 Å².